The number of anilines is 1. The van der Waals surface area contributed by atoms with Crippen molar-refractivity contribution in [3.05, 3.63) is 47.5 Å². The molecule has 2 rings (SSSR count). The number of nitrogens with two attached hydrogens (primary N) is 2. The van der Waals surface area contributed by atoms with Gasteiger partial charge >= 0.3 is 0 Å². The third-order valence-corrected chi connectivity index (χ3v) is 3.79. The van der Waals surface area contributed by atoms with E-state index in [1.54, 1.807) is 0 Å². The van der Waals surface area contributed by atoms with Crippen molar-refractivity contribution in [2.75, 3.05) is 5.73 Å². The van der Waals surface area contributed by atoms with Crippen LogP contribution >= 0.6 is 0 Å². The Morgan fingerprint density at radius 2 is 1.76 bits per heavy atom. The molecule has 2 aromatic carbocycles. The first-order chi connectivity index (χ1) is 9.68. The number of sulfonamides is 1. The number of nitrogen functional groups attached to an aromatic ring is 1. The summed E-state index contributed by atoms with van der Waals surface area (Å²) in [6, 6.07) is 5.26. The van der Waals surface area contributed by atoms with E-state index in [0.29, 0.717) is 6.07 Å². The van der Waals surface area contributed by atoms with Crippen LogP contribution in [0.25, 0.3) is 0 Å². The first kappa shape index (κ1) is 15.2. The average molecular weight is 314 g/mol. The smallest absolute Gasteiger partial charge is 0.238 e. The molecule has 0 radical (unpaired) electrons. The molecule has 112 valence electrons. The van der Waals surface area contributed by atoms with E-state index < -0.39 is 21.7 Å². The van der Waals surface area contributed by atoms with Gasteiger partial charge in [0.15, 0.2) is 11.6 Å². The Morgan fingerprint density at radius 3 is 2.33 bits per heavy atom. The van der Waals surface area contributed by atoms with Gasteiger partial charge in [0, 0.05) is 23.4 Å². The van der Waals surface area contributed by atoms with Gasteiger partial charge in [-0.2, -0.15) is 0 Å². The Bertz CT molecular complexity index is 807. The first-order valence-electron chi connectivity index (χ1n) is 5.74. The van der Waals surface area contributed by atoms with Crippen molar-refractivity contribution in [2.24, 2.45) is 5.14 Å². The molecule has 0 aliphatic heterocycles. The predicted octanol–water partition coefficient (Wildman–Crippen LogP) is 2.30. The molecule has 0 aliphatic carbocycles. The second kappa shape index (κ2) is 5.30. The summed E-state index contributed by atoms with van der Waals surface area (Å²) in [4.78, 5) is -0.222. The minimum Gasteiger partial charge on any atom is -0.454 e. The van der Waals surface area contributed by atoms with Gasteiger partial charge in [0.2, 0.25) is 10.0 Å². The van der Waals surface area contributed by atoms with Gasteiger partial charge in [-0.1, -0.05) is 0 Å². The highest BCUT2D eigenvalue weighted by Crippen LogP contribution is 2.32. The standard InChI is InChI=1S/C13H12F2N2O3S/c1-7-12(5-9(16)6-13(7)21(17,18)19)20-11-3-2-8(14)4-10(11)15/h2-6H,16H2,1H3,(H2,17,18,19). The van der Waals surface area contributed by atoms with Crippen LogP contribution in [0.15, 0.2) is 35.2 Å². The van der Waals surface area contributed by atoms with Crippen molar-refractivity contribution in [1.82, 2.24) is 0 Å². The Hall–Kier alpha value is -2.19. The SMILES string of the molecule is Cc1c(Oc2ccc(F)cc2F)cc(N)cc1S(N)(=O)=O. The molecule has 0 aromatic heterocycles. The van der Waals surface area contributed by atoms with Crippen LogP contribution in [-0.4, -0.2) is 8.42 Å². The monoisotopic (exact) mass is 314 g/mol. The van der Waals surface area contributed by atoms with E-state index in [4.69, 9.17) is 15.6 Å². The van der Waals surface area contributed by atoms with Gasteiger partial charge in [-0.05, 0) is 25.1 Å². The van der Waals surface area contributed by atoms with Gasteiger partial charge in [-0.25, -0.2) is 22.3 Å². The summed E-state index contributed by atoms with van der Waals surface area (Å²) in [5, 5.41) is 5.08. The molecule has 2 aromatic rings. The van der Waals surface area contributed by atoms with Crippen LogP contribution < -0.4 is 15.6 Å². The van der Waals surface area contributed by atoms with E-state index in [2.05, 4.69) is 0 Å². The van der Waals surface area contributed by atoms with E-state index >= 15 is 0 Å². The zero-order valence-electron chi connectivity index (χ0n) is 10.9. The third kappa shape index (κ3) is 3.29. The van der Waals surface area contributed by atoms with Gasteiger partial charge in [0.1, 0.15) is 11.6 Å². The van der Waals surface area contributed by atoms with E-state index in [-0.39, 0.29) is 27.6 Å². The average Bonchev–Trinajstić information content (AvgIpc) is 2.35. The normalized spacial score (nSPS) is 11.4. The summed E-state index contributed by atoms with van der Waals surface area (Å²) in [5.74, 6) is -1.92. The van der Waals surface area contributed by atoms with E-state index in [0.717, 1.165) is 12.1 Å². The van der Waals surface area contributed by atoms with Crippen LogP contribution in [0.5, 0.6) is 11.5 Å². The lowest BCUT2D eigenvalue weighted by molar-refractivity contribution is 0.434. The lowest BCUT2D eigenvalue weighted by atomic mass is 10.2. The number of ether oxygens (including phenoxy) is 1. The van der Waals surface area contributed by atoms with Gasteiger partial charge in [0.05, 0.1) is 4.90 Å². The van der Waals surface area contributed by atoms with Gasteiger partial charge in [0.25, 0.3) is 0 Å². The first-order valence-corrected chi connectivity index (χ1v) is 7.29. The van der Waals surface area contributed by atoms with Crippen molar-refractivity contribution in [1.29, 1.82) is 0 Å². The quantitative estimate of drug-likeness (QED) is 0.850. The third-order valence-electron chi connectivity index (χ3n) is 2.76. The summed E-state index contributed by atoms with van der Waals surface area (Å²) in [6.45, 7) is 1.44. The molecule has 0 amide bonds. The van der Waals surface area contributed by atoms with Crippen molar-refractivity contribution < 1.29 is 21.9 Å². The summed E-state index contributed by atoms with van der Waals surface area (Å²) >= 11 is 0. The van der Waals surface area contributed by atoms with Crippen LogP contribution in [0.3, 0.4) is 0 Å². The minimum atomic E-state index is -4.00. The lowest BCUT2D eigenvalue weighted by Crippen LogP contribution is -2.14. The number of hydrogen-bond acceptors (Lipinski definition) is 4. The highest BCUT2D eigenvalue weighted by molar-refractivity contribution is 7.89. The van der Waals surface area contributed by atoms with Crippen LogP contribution in [-0.2, 0) is 10.0 Å². The van der Waals surface area contributed by atoms with Crippen molar-refractivity contribution in [3.63, 3.8) is 0 Å². The van der Waals surface area contributed by atoms with Gasteiger partial charge in [-0.3, -0.25) is 0 Å². The van der Waals surface area contributed by atoms with E-state index in [1.165, 1.54) is 19.1 Å². The van der Waals surface area contributed by atoms with Crippen molar-refractivity contribution in [2.45, 2.75) is 11.8 Å². The molecule has 0 saturated carbocycles. The Kier molecular flexibility index (Phi) is 3.84. The van der Waals surface area contributed by atoms with Crippen LogP contribution in [0.1, 0.15) is 5.56 Å². The second-order valence-electron chi connectivity index (χ2n) is 4.36. The highest BCUT2D eigenvalue weighted by Gasteiger charge is 2.17. The van der Waals surface area contributed by atoms with Crippen LogP contribution in [0.4, 0.5) is 14.5 Å². The number of rotatable bonds is 3. The number of hydrogen-bond donors (Lipinski definition) is 2. The fraction of sp³-hybridized carbons (Fsp3) is 0.0769. The summed E-state index contributed by atoms with van der Waals surface area (Å²) in [6.07, 6.45) is 0. The minimum absolute atomic E-state index is 0.0181. The maximum atomic E-state index is 13.6. The predicted molar refractivity (Wildman–Crippen MR) is 73.4 cm³/mol. The number of benzene rings is 2. The van der Waals surface area contributed by atoms with Crippen LogP contribution in [0, 0.1) is 18.6 Å². The molecule has 21 heavy (non-hydrogen) atoms. The van der Waals surface area contributed by atoms with E-state index in [9.17, 15) is 17.2 Å². The zero-order valence-corrected chi connectivity index (χ0v) is 11.7. The summed E-state index contributed by atoms with van der Waals surface area (Å²) in [7, 11) is -4.00. The molecule has 0 saturated heterocycles. The summed E-state index contributed by atoms with van der Waals surface area (Å²) < 4.78 is 54.6. The molecule has 0 bridgehead atoms. The van der Waals surface area contributed by atoms with E-state index in [1.807, 2.05) is 0 Å². The molecule has 0 spiro atoms. The van der Waals surface area contributed by atoms with Gasteiger partial charge < -0.3 is 10.5 Å². The fourth-order valence-corrected chi connectivity index (χ4v) is 2.59. The topological polar surface area (TPSA) is 95.4 Å². The zero-order chi connectivity index (χ0) is 15.8. The molecule has 0 fully saturated rings. The van der Waals surface area contributed by atoms with Gasteiger partial charge in [-0.15, -0.1) is 0 Å². The van der Waals surface area contributed by atoms with Crippen molar-refractivity contribution in [3.8, 4) is 11.5 Å². The number of halogens is 2. The maximum absolute atomic E-state index is 13.6. The Labute approximate surface area is 120 Å². The van der Waals surface area contributed by atoms with Crippen molar-refractivity contribution >= 4 is 15.7 Å². The molecule has 5 nitrogen and oxygen atoms in total. The summed E-state index contributed by atoms with van der Waals surface area (Å²) in [5.41, 5.74) is 5.85. The molecule has 0 aliphatic rings. The fourth-order valence-electron chi connectivity index (χ4n) is 1.76. The molecule has 8 heteroatoms. The second-order valence-corrected chi connectivity index (χ2v) is 5.89. The number of primary sulfonamides is 1. The molecular weight excluding hydrogens is 302 g/mol. The molecule has 4 N–H and O–H groups in total. The largest absolute Gasteiger partial charge is 0.454 e. The molecule has 0 heterocycles. The Balaban J connectivity index is 2.52. The molecule has 0 atom stereocenters. The Morgan fingerprint density at radius 1 is 1.10 bits per heavy atom. The highest BCUT2D eigenvalue weighted by atomic mass is 32.2. The van der Waals surface area contributed by atoms with Crippen LogP contribution in [0.2, 0.25) is 0 Å². The molecule has 0 unspecified atom stereocenters. The molecular formula is C13H12F2N2O3S. The maximum Gasteiger partial charge on any atom is 0.238 e. The lowest BCUT2D eigenvalue weighted by Gasteiger charge is -2.13.